The Balaban J connectivity index is 2.00. The van der Waals surface area contributed by atoms with Crippen LogP contribution in [0.25, 0.3) is 0 Å². The fourth-order valence-electron chi connectivity index (χ4n) is 9.73. The SMILES string of the molecule is CCC/C=C/CC/C=C/CC/C=C/C(O)C(COC1OC(CO)C(O)C(O)C1O)NC(=O)CCCCCCCCCCCCCCCCCCCCCCCCCCCC/C=C\C/C=C\C/C=C\CCCCCCC. The number of unbranched alkanes of at least 4 members (excludes halogenated alkanes) is 34. The second-order valence-electron chi connectivity index (χ2n) is 21.8. The summed E-state index contributed by atoms with van der Waals surface area (Å²) in [5.74, 6) is -0.190. The van der Waals surface area contributed by atoms with Gasteiger partial charge in [-0.25, -0.2) is 0 Å². The van der Waals surface area contributed by atoms with E-state index in [4.69, 9.17) is 9.47 Å². The van der Waals surface area contributed by atoms with Gasteiger partial charge < -0.3 is 40.3 Å². The summed E-state index contributed by atoms with van der Waals surface area (Å²) in [7, 11) is 0. The summed E-state index contributed by atoms with van der Waals surface area (Å²) >= 11 is 0. The van der Waals surface area contributed by atoms with Crippen molar-refractivity contribution in [2.45, 2.75) is 326 Å². The third-order valence-electron chi connectivity index (χ3n) is 14.7. The second-order valence-corrected chi connectivity index (χ2v) is 21.8. The van der Waals surface area contributed by atoms with Crippen LogP contribution in [0.2, 0.25) is 0 Å². The van der Waals surface area contributed by atoms with E-state index >= 15 is 0 Å². The molecule has 1 aliphatic rings. The normalized spacial score (nSPS) is 19.4. The van der Waals surface area contributed by atoms with Gasteiger partial charge in [0.25, 0.3) is 0 Å². The number of nitrogens with one attached hydrogen (secondary N) is 1. The standard InChI is InChI=1S/C66H119NO8/c1-3-5-7-9-11-13-15-16-17-18-19-20-21-22-23-24-25-26-27-28-29-30-31-32-33-34-35-36-37-38-39-40-41-42-43-44-46-48-50-52-54-56-62(70)67-59(58-74-66-65(73)64(72)63(71)61(57-68)75-66)60(69)55-53-51-49-47-45-14-12-10-8-6-4-2/h8,10,15-16,18-19,21-22,45,47,53,55,59-61,63-66,68-69,71-73H,3-7,9,11-14,17,20,23-44,46,48-52,54,56-58H2,1-2H3,(H,67,70)/b10-8+,16-15-,19-18-,22-21-,47-45+,55-53+. The molecule has 0 aromatic heterocycles. The Bertz CT molecular complexity index is 1410. The Hall–Kier alpha value is -2.37. The Morgan fingerprint density at radius 3 is 1.25 bits per heavy atom. The third kappa shape index (κ3) is 44.2. The van der Waals surface area contributed by atoms with E-state index in [0.29, 0.717) is 6.42 Å². The third-order valence-corrected chi connectivity index (χ3v) is 14.7. The van der Waals surface area contributed by atoms with Gasteiger partial charge >= 0.3 is 0 Å². The largest absolute Gasteiger partial charge is 0.394 e. The van der Waals surface area contributed by atoms with Gasteiger partial charge in [-0.3, -0.25) is 4.79 Å². The molecule has 7 unspecified atom stereocenters. The summed E-state index contributed by atoms with van der Waals surface area (Å²) in [5, 5.41) is 54.3. The lowest BCUT2D eigenvalue weighted by Gasteiger charge is -2.40. The summed E-state index contributed by atoms with van der Waals surface area (Å²) < 4.78 is 11.2. The molecular weight excluding hydrogens is 935 g/mol. The molecule has 75 heavy (non-hydrogen) atoms. The van der Waals surface area contributed by atoms with Gasteiger partial charge in [0.05, 0.1) is 25.4 Å². The van der Waals surface area contributed by atoms with Crippen LogP contribution in [0.15, 0.2) is 72.9 Å². The summed E-state index contributed by atoms with van der Waals surface area (Å²) in [4.78, 5) is 13.0. The van der Waals surface area contributed by atoms with E-state index in [2.05, 4.69) is 79.9 Å². The number of carbonyl (C=O) groups is 1. The highest BCUT2D eigenvalue weighted by Gasteiger charge is 2.44. The molecule has 1 saturated heterocycles. The van der Waals surface area contributed by atoms with Crippen molar-refractivity contribution in [3.63, 3.8) is 0 Å². The van der Waals surface area contributed by atoms with Gasteiger partial charge in [-0.1, -0.05) is 273 Å². The van der Waals surface area contributed by atoms with Crippen molar-refractivity contribution in [3.05, 3.63) is 72.9 Å². The van der Waals surface area contributed by atoms with Gasteiger partial charge in [0.2, 0.25) is 5.91 Å². The average molecular weight is 1050 g/mol. The first-order valence-corrected chi connectivity index (χ1v) is 31.7. The van der Waals surface area contributed by atoms with E-state index in [-0.39, 0.29) is 12.5 Å². The first-order chi connectivity index (χ1) is 36.8. The molecule has 6 N–H and O–H groups in total. The van der Waals surface area contributed by atoms with Crippen molar-refractivity contribution in [1.82, 2.24) is 5.32 Å². The van der Waals surface area contributed by atoms with E-state index in [1.807, 2.05) is 6.08 Å². The predicted molar refractivity (Wildman–Crippen MR) is 318 cm³/mol. The van der Waals surface area contributed by atoms with Crippen molar-refractivity contribution in [2.75, 3.05) is 13.2 Å². The van der Waals surface area contributed by atoms with Crippen molar-refractivity contribution >= 4 is 5.91 Å². The van der Waals surface area contributed by atoms with E-state index in [1.54, 1.807) is 6.08 Å². The minimum absolute atomic E-state index is 0.190. The van der Waals surface area contributed by atoms with Crippen LogP contribution in [-0.4, -0.2) is 87.5 Å². The number of carbonyl (C=O) groups excluding carboxylic acids is 1. The maximum atomic E-state index is 13.0. The lowest BCUT2D eigenvalue weighted by molar-refractivity contribution is -0.302. The first kappa shape index (κ1) is 70.6. The molecule has 7 atom stereocenters. The van der Waals surface area contributed by atoms with E-state index < -0.39 is 49.5 Å². The van der Waals surface area contributed by atoms with Gasteiger partial charge in [-0.2, -0.15) is 0 Å². The van der Waals surface area contributed by atoms with Gasteiger partial charge in [0, 0.05) is 6.42 Å². The van der Waals surface area contributed by atoms with Crippen LogP contribution in [0, 0.1) is 0 Å². The monoisotopic (exact) mass is 1050 g/mol. The molecule has 1 amide bonds. The number of aliphatic hydroxyl groups excluding tert-OH is 5. The molecule has 0 spiro atoms. The zero-order valence-electron chi connectivity index (χ0n) is 48.5. The quantitative estimate of drug-likeness (QED) is 0.0261. The molecule has 0 saturated carbocycles. The smallest absolute Gasteiger partial charge is 0.220 e. The number of allylic oxidation sites excluding steroid dienone is 11. The lowest BCUT2D eigenvalue weighted by Crippen LogP contribution is -2.60. The Kier molecular flexibility index (Phi) is 51.8. The number of aliphatic hydroxyl groups is 5. The summed E-state index contributed by atoms with van der Waals surface area (Å²) in [6.45, 7) is 3.67. The second kappa shape index (κ2) is 55.0. The Morgan fingerprint density at radius 1 is 0.453 bits per heavy atom. The molecule has 0 aliphatic carbocycles. The minimum atomic E-state index is -1.57. The molecule has 1 aliphatic heterocycles. The molecule has 9 heteroatoms. The van der Waals surface area contributed by atoms with E-state index in [0.717, 1.165) is 70.6 Å². The van der Waals surface area contributed by atoms with Crippen LogP contribution >= 0.6 is 0 Å². The van der Waals surface area contributed by atoms with Crippen LogP contribution in [0.5, 0.6) is 0 Å². The predicted octanol–water partition coefficient (Wildman–Crippen LogP) is 16.4. The molecule has 0 aromatic carbocycles. The molecule has 1 heterocycles. The number of amides is 1. The fourth-order valence-corrected chi connectivity index (χ4v) is 9.73. The van der Waals surface area contributed by atoms with Crippen LogP contribution in [0.1, 0.15) is 284 Å². The highest BCUT2D eigenvalue weighted by molar-refractivity contribution is 5.76. The van der Waals surface area contributed by atoms with Crippen molar-refractivity contribution < 1.29 is 39.8 Å². The topological polar surface area (TPSA) is 149 Å². The highest BCUT2D eigenvalue weighted by atomic mass is 16.7. The van der Waals surface area contributed by atoms with Crippen LogP contribution < -0.4 is 5.32 Å². The van der Waals surface area contributed by atoms with Gasteiger partial charge in [0.1, 0.15) is 24.4 Å². The van der Waals surface area contributed by atoms with E-state index in [1.165, 1.54) is 193 Å². The lowest BCUT2D eigenvalue weighted by atomic mass is 9.99. The first-order valence-electron chi connectivity index (χ1n) is 31.7. The zero-order valence-corrected chi connectivity index (χ0v) is 48.5. The van der Waals surface area contributed by atoms with Crippen molar-refractivity contribution in [2.24, 2.45) is 0 Å². The number of hydrogen-bond donors (Lipinski definition) is 6. The molecule has 1 rings (SSSR count). The number of rotatable bonds is 54. The maximum absolute atomic E-state index is 13.0. The fraction of sp³-hybridized carbons (Fsp3) is 0.803. The van der Waals surface area contributed by atoms with Crippen molar-refractivity contribution in [1.29, 1.82) is 0 Å². The Morgan fingerprint density at radius 2 is 0.827 bits per heavy atom. The zero-order chi connectivity index (χ0) is 54.3. The summed E-state index contributed by atoms with van der Waals surface area (Å²) in [6.07, 6.45) is 70.3. The summed E-state index contributed by atoms with van der Waals surface area (Å²) in [6, 6.07) is -0.827. The highest BCUT2D eigenvalue weighted by Crippen LogP contribution is 2.23. The summed E-state index contributed by atoms with van der Waals surface area (Å²) in [5.41, 5.74) is 0. The van der Waals surface area contributed by atoms with Gasteiger partial charge in [0.15, 0.2) is 6.29 Å². The van der Waals surface area contributed by atoms with Crippen molar-refractivity contribution in [3.8, 4) is 0 Å². The molecule has 436 valence electrons. The van der Waals surface area contributed by atoms with E-state index in [9.17, 15) is 30.3 Å². The Labute approximate surface area is 461 Å². The van der Waals surface area contributed by atoms with Crippen LogP contribution in [0.3, 0.4) is 0 Å². The minimum Gasteiger partial charge on any atom is -0.394 e. The molecule has 0 bridgehead atoms. The molecule has 0 radical (unpaired) electrons. The molecule has 0 aromatic rings. The molecule has 1 fully saturated rings. The van der Waals surface area contributed by atoms with Crippen LogP contribution in [-0.2, 0) is 14.3 Å². The molecule has 9 nitrogen and oxygen atoms in total. The number of hydrogen-bond acceptors (Lipinski definition) is 8. The van der Waals surface area contributed by atoms with Gasteiger partial charge in [-0.15, -0.1) is 0 Å². The maximum Gasteiger partial charge on any atom is 0.220 e. The van der Waals surface area contributed by atoms with Crippen LogP contribution in [0.4, 0.5) is 0 Å². The van der Waals surface area contributed by atoms with Gasteiger partial charge in [-0.05, 0) is 77.0 Å². The number of ether oxygens (including phenoxy) is 2. The average Bonchev–Trinajstić information content (AvgIpc) is 3.41. The molecular formula is C66H119NO8.